The van der Waals surface area contributed by atoms with Crippen molar-refractivity contribution in [2.75, 3.05) is 32.6 Å². The molecule has 6 nitrogen and oxygen atoms in total. The van der Waals surface area contributed by atoms with Crippen molar-refractivity contribution >= 4 is 11.6 Å². The minimum atomic E-state index is -0.451. The molecule has 0 spiro atoms. The van der Waals surface area contributed by atoms with E-state index in [0.717, 1.165) is 0 Å². The molecule has 0 aromatic heterocycles. The number of anilines is 1. The maximum atomic E-state index is 12.0. The van der Waals surface area contributed by atoms with Crippen LogP contribution in [0.15, 0.2) is 18.2 Å². The lowest BCUT2D eigenvalue weighted by Crippen LogP contribution is -2.35. The number of nitrogen functional groups attached to an aromatic ring is 1. The Bertz CT molecular complexity index is 431. The topological polar surface area (TPSA) is 82.8 Å². The van der Waals surface area contributed by atoms with E-state index in [9.17, 15) is 4.79 Å². The summed E-state index contributed by atoms with van der Waals surface area (Å²) in [5, 5.41) is 2.74. The van der Waals surface area contributed by atoms with Gasteiger partial charge in [0, 0.05) is 25.0 Å². The first-order chi connectivity index (χ1) is 9.62. The lowest BCUT2D eigenvalue weighted by atomic mass is 10.1. The quantitative estimate of drug-likeness (QED) is 0.556. The van der Waals surface area contributed by atoms with Gasteiger partial charge in [0.1, 0.15) is 5.75 Å². The van der Waals surface area contributed by atoms with Crippen LogP contribution in [-0.2, 0) is 9.47 Å². The minimum Gasteiger partial charge on any atom is -0.497 e. The molecule has 0 unspecified atom stereocenters. The molecule has 1 aromatic carbocycles. The summed E-state index contributed by atoms with van der Waals surface area (Å²) in [6.07, 6.45) is -0.451. The number of ether oxygens (including phenoxy) is 3. The van der Waals surface area contributed by atoms with Crippen molar-refractivity contribution < 1.29 is 19.0 Å². The Kier molecular flexibility index (Phi) is 6.83. The third kappa shape index (κ3) is 4.71. The predicted octanol–water partition coefficient (Wildman–Crippen LogP) is 1.41. The third-order valence-electron chi connectivity index (χ3n) is 2.64. The Balaban J connectivity index is 2.61. The standard InChI is InChI=1S/C14H22N2O4/c1-4-19-13(20-5-2)9-16-14(17)11-7-6-10(18-3)8-12(11)15/h6-8,13H,4-5,9,15H2,1-3H3,(H,16,17). The molecule has 0 saturated carbocycles. The zero-order valence-corrected chi connectivity index (χ0v) is 12.1. The van der Waals surface area contributed by atoms with Crippen LogP contribution in [0.3, 0.4) is 0 Å². The molecule has 0 atom stereocenters. The van der Waals surface area contributed by atoms with Gasteiger partial charge in [-0.05, 0) is 26.0 Å². The minimum absolute atomic E-state index is 0.269. The van der Waals surface area contributed by atoms with E-state index in [2.05, 4.69) is 5.32 Å². The van der Waals surface area contributed by atoms with Gasteiger partial charge in [-0.3, -0.25) is 4.79 Å². The molecule has 3 N–H and O–H groups in total. The monoisotopic (exact) mass is 282 g/mol. The van der Waals surface area contributed by atoms with E-state index in [1.165, 1.54) is 0 Å². The molecule has 6 heteroatoms. The fraction of sp³-hybridized carbons (Fsp3) is 0.500. The highest BCUT2D eigenvalue weighted by atomic mass is 16.7. The molecule has 0 saturated heterocycles. The van der Waals surface area contributed by atoms with E-state index in [1.807, 2.05) is 13.8 Å². The maximum absolute atomic E-state index is 12.0. The van der Waals surface area contributed by atoms with Gasteiger partial charge in [0.15, 0.2) is 6.29 Å². The van der Waals surface area contributed by atoms with Crippen LogP contribution >= 0.6 is 0 Å². The number of carbonyl (C=O) groups excluding carboxylic acids is 1. The summed E-state index contributed by atoms with van der Waals surface area (Å²) < 4.78 is 15.7. The number of methoxy groups -OCH3 is 1. The molecular formula is C14H22N2O4. The average Bonchev–Trinajstić information content (AvgIpc) is 2.44. The van der Waals surface area contributed by atoms with E-state index < -0.39 is 6.29 Å². The van der Waals surface area contributed by atoms with Crippen molar-refractivity contribution in [3.05, 3.63) is 23.8 Å². The fourth-order valence-corrected chi connectivity index (χ4v) is 1.68. The van der Waals surface area contributed by atoms with Gasteiger partial charge in [0.25, 0.3) is 5.91 Å². The number of rotatable bonds is 8. The first kappa shape index (κ1) is 16.3. The Morgan fingerprint density at radius 3 is 2.45 bits per heavy atom. The summed E-state index contributed by atoms with van der Waals surface area (Å²) in [6.45, 7) is 5.05. The van der Waals surface area contributed by atoms with Gasteiger partial charge in [-0.15, -0.1) is 0 Å². The van der Waals surface area contributed by atoms with E-state index in [1.54, 1.807) is 25.3 Å². The molecule has 0 aliphatic carbocycles. The molecule has 0 aliphatic heterocycles. The summed E-state index contributed by atoms with van der Waals surface area (Å²) in [7, 11) is 1.54. The van der Waals surface area contributed by atoms with Gasteiger partial charge in [-0.1, -0.05) is 0 Å². The zero-order valence-electron chi connectivity index (χ0n) is 12.1. The summed E-state index contributed by atoms with van der Waals surface area (Å²) in [6, 6.07) is 4.92. The number of benzene rings is 1. The smallest absolute Gasteiger partial charge is 0.253 e. The highest BCUT2D eigenvalue weighted by Crippen LogP contribution is 2.19. The highest BCUT2D eigenvalue weighted by molar-refractivity contribution is 5.99. The molecule has 0 bridgehead atoms. The van der Waals surface area contributed by atoms with Gasteiger partial charge < -0.3 is 25.3 Å². The SMILES string of the molecule is CCOC(CNC(=O)c1ccc(OC)cc1N)OCC. The lowest BCUT2D eigenvalue weighted by molar-refractivity contribution is -0.131. The Morgan fingerprint density at radius 1 is 1.30 bits per heavy atom. The second-order valence-electron chi connectivity index (χ2n) is 4.00. The molecule has 112 valence electrons. The number of nitrogens with two attached hydrogens (primary N) is 1. The summed E-state index contributed by atoms with van der Waals surface area (Å²) in [5.74, 6) is 0.343. The second-order valence-corrected chi connectivity index (χ2v) is 4.00. The van der Waals surface area contributed by atoms with Crippen LogP contribution < -0.4 is 15.8 Å². The van der Waals surface area contributed by atoms with Gasteiger partial charge in [-0.2, -0.15) is 0 Å². The molecule has 20 heavy (non-hydrogen) atoms. The summed E-state index contributed by atoms with van der Waals surface area (Å²) in [5.41, 5.74) is 6.59. The summed E-state index contributed by atoms with van der Waals surface area (Å²) >= 11 is 0. The molecule has 0 radical (unpaired) electrons. The molecule has 0 heterocycles. The van der Waals surface area contributed by atoms with Crippen molar-refractivity contribution in [1.82, 2.24) is 5.32 Å². The average molecular weight is 282 g/mol. The highest BCUT2D eigenvalue weighted by Gasteiger charge is 2.13. The van der Waals surface area contributed by atoms with Crippen molar-refractivity contribution in [3.8, 4) is 5.75 Å². The van der Waals surface area contributed by atoms with Crippen molar-refractivity contribution in [3.63, 3.8) is 0 Å². The van der Waals surface area contributed by atoms with Crippen LogP contribution in [0.2, 0.25) is 0 Å². The number of hydrogen-bond donors (Lipinski definition) is 2. The number of amides is 1. The zero-order chi connectivity index (χ0) is 15.0. The fourth-order valence-electron chi connectivity index (χ4n) is 1.68. The number of carbonyl (C=O) groups is 1. The van der Waals surface area contributed by atoms with Crippen molar-refractivity contribution in [2.24, 2.45) is 0 Å². The predicted molar refractivity (Wildman–Crippen MR) is 76.8 cm³/mol. The first-order valence-electron chi connectivity index (χ1n) is 6.57. The maximum Gasteiger partial charge on any atom is 0.253 e. The van der Waals surface area contributed by atoms with E-state index in [0.29, 0.717) is 30.2 Å². The van der Waals surface area contributed by atoms with Gasteiger partial charge in [0.05, 0.1) is 19.2 Å². The summed E-state index contributed by atoms with van der Waals surface area (Å²) in [4.78, 5) is 12.0. The lowest BCUT2D eigenvalue weighted by Gasteiger charge is -2.17. The van der Waals surface area contributed by atoms with Crippen LogP contribution in [0, 0.1) is 0 Å². The van der Waals surface area contributed by atoms with E-state index >= 15 is 0 Å². The molecular weight excluding hydrogens is 260 g/mol. The van der Waals surface area contributed by atoms with Crippen LogP contribution in [-0.4, -0.2) is 39.1 Å². The van der Waals surface area contributed by atoms with Crippen LogP contribution in [0.5, 0.6) is 5.75 Å². The molecule has 1 aromatic rings. The first-order valence-corrected chi connectivity index (χ1v) is 6.57. The normalized spacial score (nSPS) is 10.6. The van der Waals surface area contributed by atoms with Crippen LogP contribution in [0.25, 0.3) is 0 Å². The van der Waals surface area contributed by atoms with Crippen LogP contribution in [0.1, 0.15) is 24.2 Å². The van der Waals surface area contributed by atoms with E-state index in [-0.39, 0.29) is 12.5 Å². The van der Waals surface area contributed by atoms with Gasteiger partial charge in [-0.25, -0.2) is 0 Å². The Labute approximate surface area is 119 Å². The van der Waals surface area contributed by atoms with Gasteiger partial charge >= 0.3 is 0 Å². The van der Waals surface area contributed by atoms with Crippen LogP contribution in [0.4, 0.5) is 5.69 Å². The van der Waals surface area contributed by atoms with Crippen molar-refractivity contribution in [1.29, 1.82) is 0 Å². The Hall–Kier alpha value is -1.79. The Morgan fingerprint density at radius 2 is 1.95 bits per heavy atom. The molecule has 0 aliphatic rings. The molecule has 1 rings (SSSR count). The third-order valence-corrected chi connectivity index (χ3v) is 2.64. The number of nitrogens with one attached hydrogen (secondary N) is 1. The largest absolute Gasteiger partial charge is 0.497 e. The number of hydrogen-bond acceptors (Lipinski definition) is 5. The second kappa shape index (κ2) is 8.39. The molecule has 0 fully saturated rings. The molecule has 1 amide bonds. The van der Waals surface area contributed by atoms with Gasteiger partial charge in [0.2, 0.25) is 0 Å². The van der Waals surface area contributed by atoms with Crippen molar-refractivity contribution in [2.45, 2.75) is 20.1 Å². The van der Waals surface area contributed by atoms with E-state index in [4.69, 9.17) is 19.9 Å².